The Labute approximate surface area is 89.5 Å². The van der Waals surface area contributed by atoms with Crippen molar-refractivity contribution in [1.82, 2.24) is 15.6 Å². The van der Waals surface area contributed by atoms with Gasteiger partial charge in [-0.1, -0.05) is 12.8 Å². The highest BCUT2D eigenvalue weighted by molar-refractivity contribution is 5.74. The van der Waals surface area contributed by atoms with Gasteiger partial charge >= 0.3 is 6.03 Å². The van der Waals surface area contributed by atoms with Crippen molar-refractivity contribution in [2.75, 3.05) is 0 Å². The van der Waals surface area contributed by atoms with Crippen LogP contribution in [-0.2, 0) is 6.54 Å². The zero-order valence-electron chi connectivity index (χ0n) is 8.75. The van der Waals surface area contributed by atoms with Gasteiger partial charge in [-0.05, 0) is 24.5 Å². The maximum Gasteiger partial charge on any atom is 0.315 e. The molecule has 0 bridgehead atoms. The Balaban J connectivity index is 1.68. The second-order valence-electron chi connectivity index (χ2n) is 4.03. The van der Waals surface area contributed by atoms with Gasteiger partial charge in [-0.2, -0.15) is 0 Å². The normalized spacial score (nSPS) is 16.5. The van der Waals surface area contributed by atoms with Crippen molar-refractivity contribution in [3.8, 4) is 0 Å². The van der Waals surface area contributed by atoms with Crippen molar-refractivity contribution >= 4 is 6.03 Å². The molecule has 82 valence electrons. The summed E-state index contributed by atoms with van der Waals surface area (Å²) in [4.78, 5) is 14.4. The van der Waals surface area contributed by atoms with E-state index in [4.69, 9.17) is 0 Å². The molecule has 0 unspecified atom stereocenters. The molecular weight excluding hydrogens is 190 g/mol. The minimum atomic E-state index is -0.0527. The van der Waals surface area contributed by atoms with Crippen LogP contribution in [0.5, 0.6) is 0 Å². The second-order valence-corrected chi connectivity index (χ2v) is 4.03. The SMILES string of the molecule is O=C(NCc1cc[nH]c1)NC1CCCC1. The molecule has 1 heterocycles. The maximum atomic E-state index is 11.5. The van der Waals surface area contributed by atoms with E-state index in [2.05, 4.69) is 15.6 Å². The van der Waals surface area contributed by atoms with Crippen molar-refractivity contribution in [3.05, 3.63) is 24.0 Å². The van der Waals surface area contributed by atoms with Crippen LogP contribution < -0.4 is 10.6 Å². The van der Waals surface area contributed by atoms with Gasteiger partial charge in [-0.3, -0.25) is 0 Å². The maximum absolute atomic E-state index is 11.5. The molecule has 2 rings (SSSR count). The lowest BCUT2D eigenvalue weighted by molar-refractivity contribution is 0.236. The number of hydrogen-bond acceptors (Lipinski definition) is 1. The summed E-state index contributed by atoms with van der Waals surface area (Å²) in [5, 5.41) is 5.82. The molecule has 0 atom stereocenters. The zero-order chi connectivity index (χ0) is 10.5. The van der Waals surface area contributed by atoms with E-state index in [1.807, 2.05) is 18.5 Å². The van der Waals surface area contributed by atoms with Crippen molar-refractivity contribution < 1.29 is 4.79 Å². The quantitative estimate of drug-likeness (QED) is 0.695. The van der Waals surface area contributed by atoms with Crippen LogP contribution in [0.2, 0.25) is 0 Å². The predicted octanol–water partition coefficient (Wildman–Crippen LogP) is 1.76. The topological polar surface area (TPSA) is 56.9 Å². The monoisotopic (exact) mass is 207 g/mol. The van der Waals surface area contributed by atoms with E-state index in [9.17, 15) is 4.79 Å². The predicted molar refractivity (Wildman–Crippen MR) is 58.4 cm³/mol. The molecule has 1 aliphatic rings. The third-order valence-electron chi connectivity index (χ3n) is 2.81. The van der Waals surface area contributed by atoms with Crippen LogP contribution in [0.3, 0.4) is 0 Å². The fraction of sp³-hybridized carbons (Fsp3) is 0.545. The zero-order valence-corrected chi connectivity index (χ0v) is 8.75. The number of rotatable bonds is 3. The minimum absolute atomic E-state index is 0.0527. The standard InChI is InChI=1S/C11H17N3O/c15-11(14-10-3-1-2-4-10)13-8-9-5-6-12-7-9/h5-7,10,12H,1-4,8H2,(H2,13,14,15). The first-order chi connectivity index (χ1) is 7.34. The van der Waals surface area contributed by atoms with Crippen molar-refractivity contribution in [1.29, 1.82) is 0 Å². The van der Waals surface area contributed by atoms with Gasteiger partial charge in [0, 0.05) is 25.0 Å². The van der Waals surface area contributed by atoms with E-state index in [0.29, 0.717) is 12.6 Å². The molecule has 0 aliphatic heterocycles. The largest absolute Gasteiger partial charge is 0.367 e. The van der Waals surface area contributed by atoms with Gasteiger partial charge in [0.05, 0.1) is 0 Å². The van der Waals surface area contributed by atoms with Gasteiger partial charge in [-0.25, -0.2) is 4.79 Å². The molecule has 15 heavy (non-hydrogen) atoms. The van der Waals surface area contributed by atoms with Crippen molar-refractivity contribution in [2.24, 2.45) is 0 Å². The fourth-order valence-electron chi connectivity index (χ4n) is 1.96. The van der Waals surface area contributed by atoms with Crippen LogP contribution in [0, 0.1) is 0 Å². The highest BCUT2D eigenvalue weighted by Gasteiger charge is 2.16. The number of carbonyl (C=O) groups excluding carboxylic acids is 1. The average Bonchev–Trinajstić information content (AvgIpc) is 2.86. The summed E-state index contributed by atoms with van der Waals surface area (Å²) in [5.41, 5.74) is 1.09. The summed E-state index contributed by atoms with van der Waals surface area (Å²) < 4.78 is 0. The van der Waals surface area contributed by atoms with E-state index in [1.165, 1.54) is 12.8 Å². The van der Waals surface area contributed by atoms with Crippen LogP contribution in [0.15, 0.2) is 18.5 Å². The first kappa shape index (κ1) is 10.1. The number of hydrogen-bond donors (Lipinski definition) is 3. The van der Waals surface area contributed by atoms with E-state index in [-0.39, 0.29) is 6.03 Å². The summed E-state index contributed by atoms with van der Waals surface area (Å²) in [6.07, 6.45) is 8.46. The highest BCUT2D eigenvalue weighted by Crippen LogP contribution is 2.17. The van der Waals surface area contributed by atoms with Gasteiger partial charge in [0.15, 0.2) is 0 Å². The van der Waals surface area contributed by atoms with Gasteiger partial charge in [0.2, 0.25) is 0 Å². The number of urea groups is 1. The Bertz CT molecular complexity index is 302. The molecule has 1 aromatic heterocycles. The van der Waals surface area contributed by atoms with Gasteiger partial charge in [0.1, 0.15) is 0 Å². The molecule has 3 N–H and O–H groups in total. The lowest BCUT2D eigenvalue weighted by atomic mass is 10.2. The summed E-state index contributed by atoms with van der Waals surface area (Å²) in [6, 6.07) is 2.29. The summed E-state index contributed by atoms with van der Waals surface area (Å²) in [6.45, 7) is 0.585. The number of nitrogens with one attached hydrogen (secondary N) is 3. The number of carbonyl (C=O) groups is 1. The fourth-order valence-corrected chi connectivity index (χ4v) is 1.96. The number of amides is 2. The Kier molecular flexibility index (Phi) is 3.27. The Morgan fingerprint density at radius 1 is 1.47 bits per heavy atom. The molecule has 1 aliphatic carbocycles. The molecule has 4 heteroatoms. The highest BCUT2D eigenvalue weighted by atomic mass is 16.2. The van der Waals surface area contributed by atoms with Crippen LogP contribution >= 0.6 is 0 Å². The van der Waals surface area contributed by atoms with Gasteiger partial charge in [-0.15, -0.1) is 0 Å². The Hall–Kier alpha value is -1.45. The molecule has 2 amide bonds. The molecule has 1 saturated carbocycles. The van der Waals surface area contributed by atoms with Gasteiger partial charge in [0.25, 0.3) is 0 Å². The van der Waals surface area contributed by atoms with E-state index in [1.54, 1.807) is 0 Å². The first-order valence-electron chi connectivity index (χ1n) is 5.50. The Morgan fingerprint density at radius 3 is 2.93 bits per heavy atom. The summed E-state index contributed by atoms with van der Waals surface area (Å²) in [7, 11) is 0. The second kappa shape index (κ2) is 4.87. The van der Waals surface area contributed by atoms with Crippen molar-refractivity contribution in [3.63, 3.8) is 0 Å². The van der Waals surface area contributed by atoms with E-state index in [0.717, 1.165) is 18.4 Å². The summed E-state index contributed by atoms with van der Waals surface area (Å²) >= 11 is 0. The minimum Gasteiger partial charge on any atom is -0.367 e. The number of aromatic amines is 1. The molecule has 4 nitrogen and oxygen atoms in total. The lowest BCUT2D eigenvalue weighted by Crippen LogP contribution is -2.40. The number of aromatic nitrogens is 1. The first-order valence-corrected chi connectivity index (χ1v) is 5.50. The van der Waals surface area contributed by atoms with E-state index >= 15 is 0 Å². The molecule has 0 saturated heterocycles. The van der Waals surface area contributed by atoms with Crippen LogP contribution in [0.25, 0.3) is 0 Å². The van der Waals surface area contributed by atoms with Crippen molar-refractivity contribution in [2.45, 2.75) is 38.3 Å². The lowest BCUT2D eigenvalue weighted by Gasteiger charge is -2.12. The van der Waals surface area contributed by atoms with Crippen LogP contribution in [-0.4, -0.2) is 17.1 Å². The molecule has 0 spiro atoms. The molecule has 0 aromatic carbocycles. The summed E-state index contributed by atoms with van der Waals surface area (Å²) in [5.74, 6) is 0. The molecular formula is C11H17N3O. The number of H-pyrrole nitrogens is 1. The van der Waals surface area contributed by atoms with Crippen LogP contribution in [0.1, 0.15) is 31.2 Å². The Morgan fingerprint density at radius 2 is 2.27 bits per heavy atom. The average molecular weight is 207 g/mol. The van der Waals surface area contributed by atoms with E-state index < -0.39 is 0 Å². The van der Waals surface area contributed by atoms with Gasteiger partial charge < -0.3 is 15.6 Å². The third-order valence-corrected chi connectivity index (χ3v) is 2.81. The molecule has 0 radical (unpaired) electrons. The third kappa shape index (κ3) is 3.01. The molecule has 1 aromatic rings. The van der Waals surface area contributed by atoms with Crippen LogP contribution in [0.4, 0.5) is 4.79 Å². The molecule has 1 fully saturated rings. The smallest absolute Gasteiger partial charge is 0.315 e.